The quantitative estimate of drug-likeness (QED) is 0.625. The monoisotopic (exact) mass is 302 g/mol. The van der Waals surface area contributed by atoms with Crippen molar-refractivity contribution in [1.29, 1.82) is 0 Å². The molecule has 0 N–H and O–H groups in total. The molecule has 2 atom stereocenters. The molecule has 10 heteroatoms. The molecule has 0 aliphatic carbocycles. The maximum absolute atomic E-state index is 11.6. The predicted octanol–water partition coefficient (Wildman–Crippen LogP) is -1.53. The first kappa shape index (κ1) is 15.8. The lowest BCUT2D eigenvalue weighted by atomic mass is 10.3. The van der Waals surface area contributed by atoms with Gasteiger partial charge in [0.1, 0.15) is 0 Å². The van der Waals surface area contributed by atoms with Crippen LogP contribution in [0.1, 0.15) is 0 Å². The fourth-order valence-electron chi connectivity index (χ4n) is 1.91. The zero-order valence-corrected chi connectivity index (χ0v) is 12.4. The third-order valence-corrected chi connectivity index (χ3v) is 5.17. The second-order valence-electron chi connectivity index (χ2n) is 4.00. The topological polar surface area (TPSA) is 93.2 Å². The largest absolute Gasteiger partial charge is 0.361 e. The Hall–Kier alpha value is -0.260. The molecule has 0 amide bonds. The van der Waals surface area contributed by atoms with E-state index in [2.05, 4.69) is 0 Å². The smallest absolute Gasteiger partial charge is 0.213 e. The van der Waals surface area contributed by atoms with Gasteiger partial charge in [-0.1, -0.05) is 0 Å². The van der Waals surface area contributed by atoms with Gasteiger partial charge in [0.2, 0.25) is 20.0 Å². The van der Waals surface area contributed by atoms with Gasteiger partial charge in [0.15, 0.2) is 12.5 Å². The van der Waals surface area contributed by atoms with Gasteiger partial charge in [-0.3, -0.25) is 0 Å². The Morgan fingerprint density at radius 1 is 0.833 bits per heavy atom. The van der Waals surface area contributed by atoms with Crippen molar-refractivity contribution in [3.05, 3.63) is 0 Å². The summed E-state index contributed by atoms with van der Waals surface area (Å²) in [5.74, 6) is 0. The van der Waals surface area contributed by atoms with Gasteiger partial charge in [-0.05, 0) is 0 Å². The van der Waals surface area contributed by atoms with Crippen molar-refractivity contribution in [1.82, 2.24) is 8.61 Å². The second-order valence-corrected chi connectivity index (χ2v) is 7.87. The molecule has 0 bridgehead atoms. The highest BCUT2D eigenvalue weighted by Gasteiger charge is 2.44. The molecule has 1 rings (SSSR count). The number of methoxy groups -OCH3 is 2. The van der Waals surface area contributed by atoms with Crippen molar-refractivity contribution >= 4 is 20.0 Å². The average molecular weight is 302 g/mol. The zero-order valence-electron chi connectivity index (χ0n) is 10.7. The molecule has 1 aliphatic heterocycles. The van der Waals surface area contributed by atoms with E-state index in [0.29, 0.717) is 0 Å². The number of hydrogen-bond donors (Lipinski definition) is 0. The summed E-state index contributed by atoms with van der Waals surface area (Å²) in [6.45, 7) is 0.0640. The first-order valence-corrected chi connectivity index (χ1v) is 8.82. The van der Waals surface area contributed by atoms with Crippen LogP contribution in [0.25, 0.3) is 0 Å². The molecule has 108 valence electrons. The number of nitrogens with zero attached hydrogens (tertiary/aromatic N) is 2. The highest BCUT2D eigenvalue weighted by molar-refractivity contribution is 7.88. The van der Waals surface area contributed by atoms with E-state index in [0.717, 1.165) is 21.1 Å². The maximum Gasteiger partial charge on any atom is 0.213 e. The molecule has 1 aliphatic rings. The summed E-state index contributed by atoms with van der Waals surface area (Å²) in [6, 6.07) is 0. The standard InChI is InChI=1S/C8H18N2O6S2/c1-15-7-8(16-2)10(18(4,13)14)6-5-9(7)17(3,11)12/h7-8H,5-6H2,1-4H3. The van der Waals surface area contributed by atoms with E-state index < -0.39 is 32.5 Å². The van der Waals surface area contributed by atoms with Crippen LogP contribution in [0.3, 0.4) is 0 Å². The Labute approximate surface area is 108 Å². The van der Waals surface area contributed by atoms with E-state index in [1.54, 1.807) is 0 Å². The van der Waals surface area contributed by atoms with Crippen LogP contribution in [0.2, 0.25) is 0 Å². The van der Waals surface area contributed by atoms with Crippen molar-refractivity contribution in [2.45, 2.75) is 12.5 Å². The normalized spacial score (nSPS) is 28.4. The average Bonchev–Trinajstić information content (AvgIpc) is 2.24. The third kappa shape index (κ3) is 3.19. The summed E-state index contributed by atoms with van der Waals surface area (Å²) >= 11 is 0. The molecule has 1 fully saturated rings. The first-order chi connectivity index (χ1) is 8.12. The highest BCUT2D eigenvalue weighted by atomic mass is 32.2. The van der Waals surface area contributed by atoms with E-state index >= 15 is 0 Å². The number of piperazine rings is 1. The SMILES string of the molecule is COC1C(OC)N(S(C)(=O)=O)CCN1S(C)(=O)=O. The lowest BCUT2D eigenvalue weighted by Gasteiger charge is -2.43. The van der Waals surface area contributed by atoms with Crippen molar-refractivity contribution < 1.29 is 26.3 Å². The van der Waals surface area contributed by atoms with Crippen LogP contribution in [-0.4, -0.2) is 77.7 Å². The van der Waals surface area contributed by atoms with Gasteiger partial charge in [0, 0.05) is 27.3 Å². The zero-order chi connectivity index (χ0) is 14.1. The van der Waals surface area contributed by atoms with E-state index in [9.17, 15) is 16.8 Å². The van der Waals surface area contributed by atoms with Gasteiger partial charge in [-0.15, -0.1) is 0 Å². The molecular formula is C8H18N2O6S2. The molecule has 0 radical (unpaired) electrons. The molecule has 0 spiro atoms. The van der Waals surface area contributed by atoms with Crippen LogP contribution >= 0.6 is 0 Å². The van der Waals surface area contributed by atoms with E-state index in [1.807, 2.05) is 0 Å². The minimum absolute atomic E-state index is 0.0320. The number of rotatable bonds is 4. The van der Waals surface area contributed by atoms with Crippen LogP contribution in [-0.2, 0) is 29.5 Å². The summed E-state index contributed by atoms with van der Waals surface area (Å²) in [7, 11) is -4.37. The fraction of sp³-hybridized carbons (Fsp3) is 1.00. The van der Waals surface area contributed by atoms with E-state index in [4.69, 9.17) is 9.47 Å². The van der Waals surface area contributed by atoms with Crippen molar-refractivity contribution in [3.8, 4) is 0 Å². The Balaban J connectivity index is 3.13. The molecule has 1 saturated heterocycles. The summed E-state index contributed by atoms with van der Waals surface area (Å²) in [4.78, 5) is 0. The molecule has 18 heavy (non-hydrogen) atoms. The Morgan fingerprint density at radius 2 is 1.11 bits per heavy atom. The first-order valence-electron chi connectivity index (χ1n) is 5.12. The van der Waals surface area contributed by atoms with E-state index in [1.165, 1.54) is 14.2 Å². The van der Waals surface area contributed by atoms with Crippen LogP contribution in [0.15, 0.2) is 0 Å². The van der Waals surface area contributed by atoms with Gasteiger partial charge in [0.05, 0.1) is 12.5 Å². The molecule has 0 saturated carbocycles. The second kappa shape index (κ2) is 5.39. The van der Waals surface area contributed by atoms with Crippen LogP contribution < -0.4 is 0 Å². The van der Waals surface area contributed by atoms with Gasteiger partial charge in [0.25, 0.3) is 0 Å². The van der Waals surface area contributed by atoms with Crippen LogP contribution in [0.5, 0.6) is 0 Å². The molecule has 2 unspecified atom stereocenters. The van der Waals surface area contributed by atoms with Crippen molar-refractivity contribution in [3.63, 3.8) is 0 Å². The molecule has 8 nitrogen and oxygen atoms in total. The lowest BCUT2D eigenvalue weighted by Crippen LogP contribution is -2.63. The van der Waals surface area contributed by atoms with Gasteiger partial charge in [-0.2, -0.15) is 8.61 Å². The number of hydrogen-bond acceptors (Lipinski definition) is 6. The highest BCUT2D eigenvalue weighted by Crippen LogP contribution is 2.23. The summed E-state index contributed by atoms with van der Waals surface area (Å²) in [5, 5.41) is 0. The fourth-order valence-corrected chi connectivity index (χ4v) is 3.87. The van der Waals surface area contributed by atoms with E-state index in [-0.39, 0.29) is 13.1 Å². The van der Waals surface area contributed by atoms with Crippen molar-refractivity contribution in [2.24, 2.45) is 0 Å². The molecule has 0 aromatic rings. The summed E-state index contributed by atoms with van der Waals surface area (Å²) in [6.07, 6.45) is 0.103. The summed E-state index contributed by atoms with van der Waals surface area (Å²) in [5.41, 5.74) is 0. The molecular weight excluding hydrogens is 284 g/mol. The molecule has 0 aromatic carbocycles. The van der Waals surface area contributed by atoms with Gasteiger partial charge < -0.3 is 9.47 Å². The Bertz CT molecular complexity index is 442. The van der Waals surface area contributed by atoms with Crippen molar-refractivity contribution in [2.75, 3.05) is 39.8 Å². The Morgan fingerprint density at radius 3 is 1.28 bits per heavy atom. The number of sulfonamides is 2. The van der Waals surface area contributed by atoms with Crippen LogP contribution in [0, 0.1) is 0 Å². The molecule has 0 aromatic heterocycles. The maximum atomic E-state index is 11.6. The number of ether oxygens (including phenoxy) is 2. The third-order valence-electron chi connectivity index (χ3n) is 2.69. The lowest BCUT2D eigenvalue weighted by molar-refractivity contribution is -0.153. The molecule has 1 heterocycles. The van der Waals surface area contributed by atoms with Crippen LogP contribution in [0.4, 0.5) is 0 Å². The summed E-state index contributed by atoms with van der Waals surface area (Å²) < 4.78 is 58.7. The minimum Gasteiger partial charge on any atom is -0.361 e. The Kier molecular flexibility index (Phi) is 4.73. The minimum atomic E-state index is -3.49. The van der Waals surface area contributed by atoms with Gasteiger partial charge in [-0.25, -0.2) is 16.8 Å². The predicted molar refractivity (Wildman–Crippen MR) is 64.7 cm³/mol. The van der Waals surface area contributed by atoms with Gasteiger partial charge >= 0.3 is 0 Å².